The van der Waals surface area contributed by atoms with Crippen LogP contribution in [0.4, 0.5) is 4.39 Å². The summed E-state index contributed by atoms with van der Waals surface area (Å²) in [5.41, 5.74) is 0.961. The summed E-state index contributed by atoms with van der Waals surface area (Å²) in [5.74, 6) is -0.826. The number of nitrogens with zero attached hydrogens (tertiary/aromatic N) is 2. The number of hydrogen-bond donors (Lipinski definition) is 0. The average Bonchev–Trinajstić information content (AvgIpc) is 3.10. The van der Waals surface area contributed by atoms with Gasteiger partial charge in [-0.15, -0.1) is 11.3 Å². The number of carbonyl (C=O) groups is 1. The van der Waals surface area contributed by atoms with Crippen molar-refractivity contribution >= 4 is 27.3 Å². The normalized spacial score (nSPS) is 11.0. The van der Waals surface area contributed by atoms with Gasteiger partial charge in [0.2, 0.25) is 0 Å². The fraction of sp³-hybridized carbons (Fsp3) is 0.0500. The Labute approximate surface area is 152 Å². The second-order valence-corrected chi connectivity index (χ2v) is 6.84. The molecule has 2 heterocycles. The molecule has 0 saturated heterocycles. The highest BCUT2D eigenvalue weighted by atomic mass is 32.1. The molecular formula is C20H13FN2O2S. The molecule has 0 aliphatic rings. The molecule has 0 atom stereocenters. The highest BCUT2D eigenvalue weighted by molar-refractivity contribution is 7.21. The first kappa shape index (κ1) is 16.4. The Hall–Kier alpha value is -3.12. The molecule has 0 amide bonds. The maximum Gasteiger partial charge on any atom is 0.262 e. The van der Waals surface area contributed by atoms with Crippen molar-refractivity contribution in [3.63, 3.8) is 0 Å². The van der Waals surface area contributed by atoms with Crippen LogP contribution in [0.5, 0.6) is 0 Å². The minimum Gasteiger partial charge on any atom is -0.292 e. The number of rotatable bonds is 4. The van der Waals surface area contributed by atoms with Gasteiger partial charge in [0.25, 0.3) is 5.56 Å². The Morgan fingerprint density at radius 1 is 1.08 bits per heavy atom. The first-order chi connectivity index (χ1) is 12.6. The van der Waals surface area contributed by atoms with Gasteiger partial charge >= 0.3 is 0 Å². The summed E-state index contributed by atoms with van der Waals surface area (Å²) in [5, 5.41) is 0.475. The Bertz CT molecular complexity index is 1170. The highest BCUT2D eigenvalue weighted by Crippen LogP contribution is 2.30. The van der Waals surface area contributed by atoms with Crippen LogP contribution in [0.25, 0.3) is 20.7 Å². The van der Waals surface area contributed by atoms with E-state index in [-0.39, 0.29) is 23.5 Å². The summed E-state index contributed by atoms with van der Waals surface area (Å²) < 4.78 is 14.5. The van der Waals surface area contributed by atoms with E-state index in [2.05, 4.69) is 4.98 Å². The van der Waals surface area contributed by atoms with Crippen LogP contribution in [-0.2, 0) is 6.54 Å². The smallest absolute Gasteiger partial charge is 0.262 e. The number of hydrogen-bond acceptors (Lipinski definition) is 4. The molecule has 4 nitrogen and oxygen atoms in total. The van der Waals surface area contributed by atoms with Gasteiger partial charge in [-0.05, 0) is 23.8 Å². The van der Waals surface area contributed by atoms with E-state index in [4.69, 9.17) is 0 Å². The van der Waals surface area contributed by atoms with E-state index in [0.717, 1.165) is 16.5 Å². The number of benzene rings is 2. The maximum atomic E-state index is 13.3. The van der Waals surface area contributed by atoms with Gasteiger partial charge in [-0.2, -0.15) is 0 Å². The molecule has 2 aromatic heterocycles. The number of ketones is 1. The van der Waals surface area contributed by atoms with Crippen LogP contribution in [0, 0.1) is 5.82 Å². The maximum absolute atomic E-state index is 13.3. The lowest BCUT2D eigenvalue weighted by molar-refractivity contribution is 0.0970. The van der Waals surface area contributed by atoms with Crippen LogP contribution < -0.4 is 5.56 Å². The third kappa shape index (κ3) is 3.07. The Morgan fingerprint density at radius 3 is 2.65 bits per heavy atom. The fourth-order valence-electron chi connectivity index (χ4n) is 2.73. The molecule has 0 saturated carbocycles. The topological polar surface area (TPSA) is 52.0 Å². The molecule has 0 aliphatic carbocycles. The third-order valence-electron chi connectivity index (χ3n) is 4.04. The van der Waals surface area contributed by atoms with E-state index in [9.17, 15) is 14.0 Å². The number of fused-ring (bicyclic) bond motifs is 1. The summed E-state index contributed by atoms with van der Waals surface area (Å²) in [6.45, 7) is -0.179. The van der Waals surface area contributed by atoms with Crippen molar-refractivity contribution in [2.24, 2.45) is 0 Å². The minimum atomic E-state index is -0.484. The summed E-state index contributed by atoms with van der Waals surface area (Å²) in [6, 6.07) is 17.0. The molecule has 0 radical (unpaired) electrons. The molecule has 128 valence electrons. The van der Waals surface area contributed by atoms with Crippen molar-refractivity contribution in [1.29, 1.82) is 0 Å². The molecule has 0 spiro atoms. The summed E-state index contributed by atoms with van der Waals surface area (Å²) in [7, 11) is 0. The molecule has 0 bridgehead atoms. The van der Waals surface area contributed by atoms with Gasteiger partial charge in [0, 0.05) is 10.4 Å². The molecule has 26 heavy (non-hydrogen) atoms. The molecule has 6 heteroatoms. The van der Waals surface area contributed by atoms with Crippen molar-refractivity contribution in [3.8, 4) is 10.4 Å². The third-order valence-corrected chi connectivity index (χ3v) is 5.13. The predicted molar refractivity (Wildman–Crippen MR) is 100 cm³/mol. The second kappa shape index (κ2) is 6.65. The van der Waals surface area contributed by atoms with Gasteiger partial charge in [0.15, 0.2) is 5.78 Å². The molecule has 0 aliphatic heterocycles. The van der Waals surface area contributed by atoms with Crippen LogP contribution in [0.3, 0.4) is 0 Å². The molecule has 2 aromatic carbocycles. The zero-order valence-electron chi connectivity index (χ0n) is 13.6. The fourth-order valence-corrected chi connectivity index (χ4v) is 3.72. The summed E-state index contributed by atoms with van der Waals surface area (Å²) >= 11 is 1.43. The zero-order chi connectivity index (χ0) is 18.1. The Balaban J connectivity index is 1.70. The molecular weight excluding hydrogens is 351 g/mol. The highest BCUT2D eigenvalue weighted by Gasteiger charge is 2.13. The van der Waals surface area contributed by atoms with Crippen molar-refractivity contribution in [2.75, 3.05) is 0 Å². The zero-order valence-corrected chi connectivity index (χ0v) is 14.4. The van der Waals surface area contributed by atoms with Crippen molar-refractivity contribution in [2.45, 2.75) is 6.54 Å². The van der Waals surface area contributed by atoms with E-state index in [0.29, 0.717) is 10.2 Å². The van der Waals surface area contributed by atoms with Crippen LogP contribution in [0.15, 0.2) is 71.8 Å². The Kier molecular flexibility index (Phi) is 4.18. The number of carbonyl (C=O) groups excluding carboxylic acids is 1. The van der Waals surface area contributed by atoms with Crippen LogP contribution in [0.1, 0.15) is 10.4 Å². The van der Waals surface area contributed by atoms with Crippen LogP contribution >= 0.6 is 11.3 Å². The molecule has 4 aromatic rings. The predicted octanol–water partition coefficient (Wildman–Crippen LogP) is 4.15. The van der Waals surface area contributed by atoms with Gasteiger partial charge in [0.05, 0.1) is 18.3 Å². The first-order valence-corrected chi connectivity index (χ1v) is 8.76. The average molecular weight is 364 g/mol. The van der Waals surface area contributed by atoms with Gasteiger partial charge in [-0.1, -0.05) is 42.5 Å². The van der Waals surface area contributed by atoms with E-state index >= 15 is 0 Å². The van der Waals surface area contributed by atoms with Crippen LogP contribution in [0.2, 0.25) is 0 Å². The van der Waals surface area contributed by atoms with E-state index in [1.54, 1.807) is 6.07 Å². The first-order valence-electron chi connectivity index (χ1n) is 7.95. The number of thiophene rings is 1. The number of Topliss-reactive ketones (excluding diaryl/α,β-unsaturated/α-hetero) is 1. The van der Waals surface area contributed by atoms with E-state index in [1.807, 2.05) is 30.3 Å². The van der Waals surface area contributed by atoms with Crippen molar-refractivity contribution < 1.29 is 9.18 Å². The molecule has 0 unspecified atom stereocenters. The monoisotopic (exact) mass is 364 g/mol. The van der Waals surface area contributed by atoms with E-state index < -0.39 is 5.82 Å². The minimum absolute atomic E-state index is 0.179. The number of halogens is 1. The van der Waals surface area contributed by atoms with Gasteiger partial charge < -0.3 is 0 Å². The summed E-state index contributed by atoms with van der Waals surface area (Å²) in [6.07, 6.45) is 1.37. The van der Waals surface area contributed by atoms with Gasteiger partial charge in [-0.25, -0.2) is 9.37 Å². The number of aromatic nitrogens is 2. The molecule has 0 N–H and O–H groups in total. The van der Waals surface area contributed by atoms with Gasteiger partial charge in [-0.3, -0.25) is 14.2 Å². The molecule has 0 fully saturated rings. The van der Waals surface area contributed by atoms with Gasteiger partial charge in [0.1, 0.15) is 10.6 Å². The largest absolute Gasteiger partial charge is 0.292 e. The quantitative estimate of drug-likeness (QED) is 0.511. The SMILES string of the molecule is O=C(Cn1cnc2sc(-c3ccccc3)cc2c1=O)c1cccc(F)c1. The second-order valence-electron chi connectivity index (χ2n) is 5.81. The van der Waals surface area contributed by atoms with Crippen molar-refractivity contribution in [1.82, 2.24) is 9.55 Å². The van der Waals surface area contributed by atoms with Crippen LogP contribution in [-0.4, -0.2) is 15.3 Å². The lowest BCUT2D eigenvalue weighted by Crippen LogP contribution is -2.24. The Morgan fingerprint density at radius 2 is 1.88 bits per heavy atom. The summed E-state index contributed by atoms with van der Waals surface area (Å²) in [4.78, 5) is 30.9. The lowest BCUT2D eigenvalue weighted by Gasteiger charge is -2.04. The standard InChI is InChI=1S/C20H13FN2O2S/c21-15-8-4-7-14(9-15)17(24)11-23-12-22-19-16(20(23)25)10-18(26-19)13-5-2-1-3-6-13/h1-10,12H,11H2. The van der Waals surface area contributed by atoms with Crippen molar-refractivity contribution in [3.05, 3.63) is 88.7 Å². The molecule has 4 rings (SSSR count). The van der Waals surface area contributed by atoms with E-state index in [1.165, 1.54) is 40.4 Å². The lowest BCUT2D eigenvalue weighted by atomic mass is 10.1.